The van der Waals surface area contributed by atoms with Gasteiger partial charge in [-0.2, -0.15) is 0 Å². The fraction of sp³-hybridized carbons (Fsp3) is 0.0667. The Labute approximate surface area is 110 Å². The lowest BCUT2D eigenvalue weighted by molar-refractivity contribution is 0.488. The van der Waals surface area contributed by atoms with Crippen LogP contribution in [0.2, 0.25) is 5.02 Å². The highest BCUT2D eigenvalue weighted by molar-refractivity contribution is 6.32. The number of fused-ring (bicyclic) bond motifs is 1. The maximum Gasteiger partial charge on any atom is 0.146 e. The SMILES string of the molecule is Cc1cc2c(Oc3ccccc3Cl)cccc2[nH]1. The topological polar surface area (TPSA) is 25.0 Å². The summed E-state index contributed by atoms with van der Waals surface area (Å²) in [7, 11) is 0. The number of halogens is 1. The quantitative estimate of drug-likeness (QED) is 0.692. The largest absolute Gasteiger partial charge is 0.455 e. The number of hydrogen-bond acceptors (Lipinski definition) is 1. The smallest absolute Gasteiger partial charge is 0.146 e. The van der Waals surface area contributed by atoms with Gasteiger partial charge in [-0.1, -0.05) is 29.8 Å². The van der Waals surface area contributed by atoms with Crippen molar-refractivity contribution in [2.24, 2.45) is 0 Å². The van der Waals surface area contributed by atoms with E-state index in [1.54, 1.807) is 0 Å². The molecule has 0 aliphatic heterocycles. The van der Waals surface area contributed by atoms with Crippen molar-refractivity contribution in [1.29, 1.82) is 0 Å². The molecule has 0 radical (unpaired) electrons. The number of H-pyrrole nitrogens is 1. The molecule has 90 valence electrons. The van der Waals surface area contributed by atoms with Crippen molar-refractivity contribution in [3.8, 4) is 11.5 Å². The Morgan fingerprint density at radius 1 is 1.00 bits per heavy atom. The maximum atomic E-state index is 6.10. The number of aromatic nitrogens is 1. The number of benzene rings is 2. The van der Waals surface area contributed by atoms with Crippen LogP contribution >= 0.6 is 11.6 Å². The number of aryl methyl sites for hydroxylation is 1. The van der Waals surface area contributed by atoms with E-state index < -0.39 is 0 Å². The van der Waals surface area contributed by atoms with E-state index in [1.165, 1.54) is 0 Å². The van der Waals surface area contributed by atoms with E-state index in [1.807, 2.05) is 49.4 Å². The van der Waals surface area contributed by atoms with Crippen LogP contribution in [0, 0.1) is 6.92 Å². The molecule has 1 N–H and O–H groups in total. The molecule has 0 amide bonds. The van der Waals surface area contributed by atoms with Crippen molar-refractivity contribution in [1.82, 2.24) is 4.98 Å². The number of ether oxygens (including phenoxy) is 1. The van der Waals surface area contributed by atoms with Crippen LogP contribution in [0.4, 0.5) is 0 Å². The molecule has 0 unspecified atom stereocenters. The molecule has 3 rings (SSSR count). The molecular formula is C15H12ClNO. The molecular weight excluding hydrogens is 246 g/mol. The van der Waals surface area contributed by atoms with Gasteiger partial charge in [-0.25, -0.2) is 0 Å². The first-order valence-electron chi connectivity index (χ1n) is 5.75. The summed E-state index contributed by atoms with van der Waals surface area (Å²) in [5.74, 6) is 1.48. The molecule has 3 heteroatoms. The van der Waals surface area contributed by atoms with Gasteiger partial charge in [0.1, 0.15) is 11.5 Å². The lowest BCUT2D eigenvalue weighted by Crippen LogP contribution is -1.85. The van der Waals surface area contributed by atoms with Crippen molar-refractivity contribution in [2.45, 2.75) is 6.92 Å². The Balaban J connectivity index is 2.07. The molecule has 2 aromatic carbocycles. The third kappa shape index (κ3) is 1.95. The Morgan fingerprint density at radius 2 is 1.78 bits per heavy atom. The summed E-state index contributed by atoms with van der Waals surface area (Å²) in [6, 6.07) is 15.5. The van der Waals surface area contributed by atoms with E-state index in [-0.39, 0.29) is 0 Å². The van der Waals surface area contributed by atoms with Gasteiger partial charge in [0.2, 0.25) is 0 Å². The van der Waals surface area contributed by atoms with Crippen LogP contribution in [-0.2, 0) is 0 Å². The van der Waals surface area contributed by atoms with Crippen LogP contribution in [0.3, 0.4) is 0 Å². The molecule has 0 aliphatic carbocycles. The van der Waals surface area contributed by atoms with Crippen molar-refractivity contribution in [2.75, 3.05) is 0 Å². The predicted molar refractivity (Wildman–Crippen MR) is 74.6 cm³/mol. The van der Waals surface area contributed by atoms with Crippen LogP contribution in [0.25, 0.3) is 10.9 Å². The second-order valence-electron chi connectivity index (χ2n) is 4.20. The van der Waals surface area contributed by atoms with E-state index >= 15 is 0 Å². The highest BCUT2D eigenvalue weighted by atomic mass is 35.5. The minimum absolute atomic E-state index is 0.613. The highest BCUT2D eigenvalue weighted by Crippen LogP contribution is 2.33. The van der Waals surface area contributed by atoms with Crippen molar-refractivity contribution in [3.05, 3.63) is 59.2 Å². The Hall–Kier alpha value is -1.93. The second kappa shape index (κ2) is 4.39. The monoisotopic (exact) mass is 257 g/mol. The molecule has 3 aromatic rings. The van der Waals surface area contributed by atoms with Gasteiger partial charge in [-0.3, -0.25) is 0 Å². The van der Waals surface area contributed by atoms with Crippen LogP contribution < -0.4 is 4.74 Å². The van der Waals surface area contributed by atoms with Gasteiger partial charge in [0.25, 0.3) is 0 Å². The molecule has 2 nitrogen and oxygen atoms in total. The van der Waals surface area contributed by atoms with Gasteiger partial charge < -0.3 is 9.72 Å². The number of nitrogens with one attached hydrogen (secondary N) is 1. The van der Waals surface area contributed by atoms with Crippen molar-refractivity contribution < 1.29 is 4.74 Å². The van der Waals surface area contributed by atoms with Crippen LogP contribution in [0.1, 0.15) is 5.69 Å². The number of rotatable bonds is 2. The van der Waals surface area contributed by atoms with Crippen LogP contribution in [-0.4, -0.2) is 4.98 Å². The summed E-state index contributed by atoms with van der Waals surface area (Å²) in [6.07, 6.45) is 0. The number of aromatic amines is 1. The zero-order chi connectivity index (χ0) is 12.5. The fourth-order valence-corrected chi connectivity index (χ4v) is 2.18. The molecule has 1 heterocycles. The first-order valence-corrected chi connectivity index (χ1v) is 6.12. The Bertz CT molecular complexity index is 703. The molecule has 0 aliphatic rings. The third-order valence-corrected chi connectivity index (χ3v) is 3.13. The fourth-order valence-electron chi connectivity index (χ4n) is 2.00. The average Bonchev–Trinajstić information content (AvgIpc) is 2.73. The Morgan fingerprint density at radius 3 is 2.61 bits per heavy atom. The third-order valence-electron chi connectivity index (χ3n) is 2.82. The predicted octanol–water partition coefficient (Wildman–Crippen LogP) is 4.92. The van der Waals surface area contributed by atoms with Gasteiger partial charge in [0.05, 0.1) is 5.02 Å². The van der Waals surface area contributed by atoms with Crippen molar-refractivity contribution in [3.63, 3.8) is 0 Å². The van der Waals surface area contributed by atoms with Crippen molar-refractivity contribution >= 4 is 22.5 Å². The van der Waals surface area contributed by atoms with E-state index in [2.05, 4.69) is 11.1 Å². The molecule has 18 heavy (non-hydrogen) atoms. The molecule has 0 saturated carbocycles. The molecule has 0 bridgehead atoms. The van der Waals surface area contributed by atoms with E-state index in [0.29, 0.717) is 10.8 Å². The highest BCUT2D eigenvalue weighted by Gasteiger charge is 2.07. The lowest BCUT2D eigenvalue weighted by atomic mass is 10.2. The summed E-state index contributed by atoms with van der Waals surface area (Å²) in [6.45, 7) is 2.03. The van der Waals surface area contributed by atoms with E-state index in [9.17, 15) is 0 Å². The average molecular weight is 258 g/mol. The molecule has 0 saturated heterocycles. The minimum atomic E-state index is 0.613. The maximum absolute atomic E-state index is 6.10. The van der Waals surface area contributed by atoms with Gasteiger partial charge in [-0.15, -0.1) is 0 Å². The van der Waals surface area contributed by atoms with Gasteiger partial charge in [0.15, 0.2) is 0 Å². The first-order chi connectivity index (χ1) is 8.74. The van der Waals surface area contributed by atoms with Crippen LogP contribution in [0.15, 0.2) is 48.5 Å². The summed E-state index contributed by atoms with van der Waals surface area (Å²) in [5, 5.41) is 1.68. The second-order valence-corrected chi connectivity index (χ2v) is 4.61. The normalized spacial score (nSPS) is 10.8. The summed E-state index contributed by atoms with van der Waals surface area (Å²) in [5.41, 5.74) is 2.18. The standard InChI is InChI=1S/C15H12ClNO/c1-10-9-11-13(17-10)6-4-8-14(11)18-15-7-3-2-5-12(15)16/h2-9,17H,1H3. The van der Waals surface area contributed by atoms with Gasteiger partial charge >= 0.3 is 0 Å². The summed E-state index contributed by atoms with van der Waals surface area (Å²) < 4.78 is 5.88. The Kier molecular flexibility index (Phi) is 2.73. The van der Waals surface area contributed by atoms with Crippen LogP contribution in [0.5, 0.6) is 11.5 Å². The molecule has 0 atom stereocenters. The molecule has 0 spiro atoms. The lowest BCUT2D eigenvalue weighted by Gasteiger charge is -2.08. The van der Waals surface area contributed by atoms with E-state index in [4.69, 9.17) is 16.3 Å². The zero-order valence-electron chi connectivity index (χ0n) is 9.91. The number of para-hydroxylation sites is 1. The first kappa shape index (κ1) is 11.2. The van der Waals surface area contributed by atoms with E-state index in [0.717, 1.165) is 22.3 Å². The number of hydrogen-bond donors (Lipinski definition) is 1. The molecule has 0 fully saturated rings. The minimum Gasteiger partial charge on any atom is -0.455 e. The molecule has 1 aromatic heterocycles. The summed E-state index contributed by atoms with van der Waals surface area (Å²) >= 11 is 6.10. The summed E-state index contributed by atoms with van der Waals surface area (Å²) in [4.78, 5) is 3.29. The van der Waals surface area contributed by atoms with Gasteiger partial charge in [-0.05, 0) is 37.3 Å². The van der Waals surface area contributed by atoms with Gasteiger partial charge in [0, 0.05) is 16.6 Å². The zero-order valence-corrected chi connectivity index (χ0v) is 10.7.